The highest BCUT2D eigenvalue weighted by Gasteiger charge is 2.23. The lowest BCUT2D eigenvalue weighted by molar-refractivity contribution is -0.118. The number of anilines is 1. The first kappa shape index (κ1) is 30.1. The molecule has 0 saturated heterocycles. The standard InChI is InChI=1S/C24H30ClN3O5S2.ClH/c1-27(2)14-6-15-28(24-26-22-20(33-4)13-12-19(25)23(22)34-24)21(29)7-5-16-35(30,31)18-10-8-17(32-3)9-11-18;/h8-13H,5-7,14-16H2,1-4H3;1H. The molecule has 1 amide bonds. The van der Waals surface area contributed by atoms with E-state index in [0.29, 0.717) is 33.7 Å². The van der Waals surface area contributed by atoms with Crippen LogP contribution < -0.4 is 14.4 Å². The van der Waals surface area contributed by atoms with E-state index in [0.717, 1.165) is 17.7 Å². The van der Waals surface area contributed by atoms with Gasteiger partial charge in [0, 0.05) is 13.0 Å². The Morgan fingerprint density at radius 3 is 2.33 bits per heavy atom. The Bertz CT molecular complexity index is 1260. The lowest BCUT2D eigenvalue weighted by Gasteiger charge is -2.21. The molecule has 0 aliphatic carbocycles. The summed E-state index contributed by atoms with van der Waals surface area (Å²) in [6.07, 6.45) is 1.02. The number of halogens is 2. The number of hydrogen-bond donors (Lipinski definition) is 0. The van der Waals surface area contributed by atoms with Crippen LogP contribution in [0.5, 0.6) is 11.5 Å². The summed E-state index contributed by atoms with van der Waals surface area (Å²) in [5, 5.41) is 1.06. The van der Waals surface area contributed by atoms with Gasteiger partial charge in [0.2, 0.25) is 5.91 Å². The van der Waals surface area contributed by atoms with Crippen molar-refractivity contribution in [1.29, 1.82) is 0 Å². The molecule has 3 aromatic rings. The molecule has 12 heteroatoms. The van der Waals surface area contributed by atoms with Crippen LogP contribution in [0, 0.1) is 0 Å². The van der Waals surface area contributed by atoms with Gasteiger partial charge in [0.15, 0.2) is 15.0 Å². The summed E-state index contributed by atoms with van der Waals surface area (Å²) in [4.78, 5) is 21.8. The maximum absolute atomic E-state index is 13.2. The smallest absolute Gasteiger partial charge is 0.228 e. The largest absolute Gasteiger partial charge is 0.497 e. The van der Waals surface area contributed by atoms with E-state index in [1.54, 1.807) is 36.3 Å². The highest BCUT2D eigenvalue weighted by Crippen LogP contribution is 2.39. The van der Waals surface area contributed by atoms with E-state index < -0.39 is 9.84 Å². The third-order valence-corrected chi connectivity index (χ3v) is 8.76. The van der Waals surface area contributed by atoms with Gasteiger partial charge in [0.25, 0.3) is 0 Å². The van der Waals surface area contributed by atoms with Gasteiger partial charge in [-0.2, -0.15) is 0 Å². The number of fused-ring (bicyclic) bond motifs is 1. The average Bonchev–Trinajstić information content (AvgIpc) is 3.28. The molecule has 198 valence electrons. The number of amides is 1. The number of carbonyl (C=O) groups excluding carboxylic acids is 1. The molecule has 3 rings (SSSR count). The van der Waals surface area contributed by atoms with Crippen LogP contribution in [0.2, 0.25) is 5.02 Å². The summed E-state index contributed by atoms with van der Waals surface area (Å²) in [6, 6.07) is 9.74. The third-order valence-electron chi connectivity index (χ3n) is 5.41. The van der Waals surface area contributed by atoms with Gasteiger partial charge in [0.05, 0.1) is 34.6 Å². The fourth-order valence-corrected chi connectivity index (χ4v) is 6.15. The maximum atomic E-state index is 13.2. The molecule has 0 aliphatic rings. The first-order valence-electron chi connectivity index (χ1n) is 11.1. The van der Waals surface area contributed by atoms with Crippen molar-refractivity contribution in [1.82, 2.24) is 9.88 Å². The second-order valence-corrected chi connectivity index (χ2v) is 11.7. The molecule has 0 aliphatic heterocycles. The van der Waals surface area contributed by atoms with Crippen molar-refractivity contribution in [3.63, 3.8) is 0 Å². The molecular weight excluding hydrogens is 545 g/mol. The molecule has 0 bridgehead atoms. The first-order chi connectivity index (χ1) is 16.7. The topological polar surface area (TPSA) is 89.0 Å². The molecule has 1 aromatic heterocycles. The Morgan fingerprint density at radius 2 is 1.72 bits per heavy atom. The normalized spacial score (nSPS) is 11.4. The molecule has 0 unspecified atom stereocenters. The van der Waals surface area contributed by atoms with Crippen LogP contribution in [0.1, 0.15) is 19.3 Å². The molecule has 0 radical (unpaired) electrons. The van der Waals surface area contributed by atoms with E-state index in [4.69, 9.17) is 21.1 Å². The van der Waals surface area contributed by atoms with Gasteiger partial charge in [0.1, 0.15) is 17.0 Å². The zero-order valence-corrected chi connectivity index (χ0v) is 23.9. The SMILES string of the molecule is COc1ccc(S(=O)(=O)CCCC(=O)N(CCCN(C)C)c2nc3c(OC)ccc(Cl)c3s2)cc1.Cl. The number of ether oxygens (including phenoxy) is 2. The highest BCUT2D eigenvalue weighted by atomic mass is 35.5. The maximum Gasteiger partial charge on any atom is 0.228 e. The molecule has 0 spiro atoms. The lowest BCUT2D eigenvalue weighted by atomic mass is 10.3. The van der Waals surface area contributed by atoms with E-state index in [2.05, 4.69) is 4.98 Å². The number of benzene rings is 2. The van der Waals surface area contributed by atoms with Crippen LogP contribution in [0.3, 0.4) is 0 Å². The fraction of sp³-hybridized carbons (Fsp3) is 0.417. The average molecular weight is 577 g/mol. The summed E-state index contributed by atoms with van der Waals surface area (Å²) in [5.41, 5.74) is 0.604. The van der Waals surface area contributed by atoms with Crippen LogP contribution in [0.25, 0.3) is 10.2 Å². The van der Waals surface area contributed by atoms with Gasteiger partial charge in [-0.15, -0.1) is 12.4 Å². The molecule has 0 fully saturated rings. The first-order valence-corrected chi connectivity index (χ1v) is 14.0. The number of aromatic nitrogens is 1. The van der Waals surface area contributed by atoms with Crippen molar-refractivity contribution in [2.24, 2.45) is 0 Å². The Kier molecular flexibility index (Phi) is 11.2. The van der Waals surface area contributed by atoms with Crippen LogP contribution in [-0.4, -0.2) is 71.4 Å². The van der Waals surface area contributed by atoms with Crippen LogP contribution in [-0.2, 0) is 14.6 Å². The number of rotatable bonds is 12. The molecule has 0 N–H and O–H groups in total. The zero-order chi connectivity index (χ0) is 25.6. The molecule has 0 saturated carbocycles. The van der Waals surface area contributed by atoms with Crippen molar-refractivity contribution in [3.05, 3.63) is 41.4 Å². The van der Waals surface area contributed by atoms with Gasteiger partial charge >= 0.3 is 0 Å². The minimum atomic E-state index is -3.51. The Balaban J connectivity index is 0.00000456. The third kappa shape index (κ3) is 7.45. The Morgan fingerprint density at radius 1 is 1.03 bits per heavy atom. The van der Waals surface area contributed by atoms with Crippen LogP contribution in [0.15, 0.2) is 41.3 Å². The van der Waals surface area contributed by atoms with E-state index in [1.807, 2.05) is 19.0 Å². The van der Waals surface area contributed by atoms with Gasteiger partial charge in [-0.05, 0) is 69.9 Å². The van der Waals surface area contributed by atoms with Crippen LogP contribution >= 0.6 is 35.3 Å². The van der Waals surface area contributed by atoms with Gasteiger partial charge < -0.3 is 14.4 Å². The Labute approximate surface area is 227 Å². The predicted molar refractivity (Wildman–Crippen MR) is 148 cm³/mol. The van der Waals surface area contributed by atoms with Gasteiger partial charge in [-0.25, -0.2) is 13.4 Å². The number of carbonyl (C=O) groups is 1. The van der Waals surface area contributed by atoms with E-state index in [-0.39, 0.29) is 41.8 Å². The summed E-state index contributed by atoms with van der Waals surface area (Å²) in [5.74, 6) is 0.858. The summed E-state index contributed by atoms with van der Waals surface area (Å²) in [7, 11) is 3.51. The fourth-order valence-electron chi connectivity index (χ4n) is 3.54. The van der Waals surface area contributed by atoms with Crippen molar-refractivity contribution in [2.75, 3.05) is 52.1 Å². The number of thiazole rings is 1. The second-order valence-electron chi connectivity index (χ2n) is 8.22. The number of hydrogen-bond acceptors (Lipinski definition) is 8. The van der Waals surface area contributed by atoms with E-state index >= 15 is 0 Å². The summed E-state index contributed by atoms with van der Waals surface area (Å²) < 4.78 is 36.7. The minimum absolute atomic E-state index is 0. The van der Waals surface area contributed by atoms with Crippen LogP contribution in [0.4, 0.5) is 5.13 Å². The number of sulfone groups is 1. The van der Waals surface area contributed by atoms with E-state index in [1.165, 1.54) is 30.6 Å². The second kappa shape index (κ2) is 13.4. The molecule has 1 heterocycles. The van der Waals surface area contributed by atoms with E-state index in [9.17, 15) is 13.2 Å². The summed E-state index contributed by atoms with van der Waals surface area (Å²) in [6.45, 7) is 1.26. The predicted octanol–water partition coefficient (Wildman–Crippen LogP) is 4.93. The molecule has 2 aromatic carbocycles. The molecule has 8 nitrogen and oxygen atoms in total. The van der Waals surface area contributed by atoms with Crippen molar-refractivity contribution >= 4 is 66.4 Å². The Hall–Kier alpha value is -2.11. The molecular formula is C24H31Cl2N3O5S2. The summed E-state index contributed by atoms with van der Waals surface area (Å²) >= 11 is 7.70. The van der Waals surface area contributed by atoms with Gasteiger partial charge in [-0.1, -0.05) is 22.9 Å². The molecule has 0 atom stereocenters. The number of methoxy groups -OCH3 is 2. The van der Waals surface area contributed by atoms with Gasteiger partial charge in [-0.3, -0.25) is 9.69 Å². The highest BCUT2D eigenvalue weighted by molar-refractivity contribution is 7.91. The minimum Gasteiger partial charge on any atom is -0.497 e. The van der Waals surface area contributed by atoms with Crippen molar-refractivity contribution in [2.45, 2.75) is 24.2 Å². The monoisotopic (exact) mass is 575 g/mol. The zero-order valence-electron chi connectivity index (χ0n) is 20.7. The molecule has 36 heavy (non-hydrogen) atoms. The number of nitrogens with zero attached hydrogens (tertiary/aromatic N) is 3. The quantitative estimate of drug-likeness (QED) is 0.302. The van der Waals surface area contributed by atoms with Crippen molar-refractivity contribution < 1.29 is 22.7 Å². The lowest BCUT2D eigenvalue weighted by Crippen LogP contribution is -2.33. The van der Waals surface area contributed by atoms with Crippen molar-refractivity contribution in [3.8, 4) is 11.5 Å².